The summed E-state index contributed by atoms with van der Waals surface area (Å²) in [6, 6.07) is 4.94. The zero-order valence-electron chi connectivity index (χ0n) is 11.6. The van der Waals surface area contributed by atoms with Gasteiger partial charge < -0.3 is 15.7 Å². The molecule has 2 rings (SSSR count). The Morgan fingerprint density at radius 3 is 3.10 bits per heavy atom. The van der Waals surface area contributed by atoms with Crippen LogP contribution in [0.15, 0.2) is 23.4 Å². The largest absolute Gasteiger partial charge is 0.409 e. The van der Waals surface area contributed by atoms with Crippen LogP contribution in [0.5, 0.6) is 0 Å². The zero-order valence-corrected chi connectivity index (χ0v) is 11.6. The van der Waals surface area contributed by atoms with Gasteiger partial charge >= 0.3 is 0 Å². The van der Waals surface area contributed by atoms with Gasteiger partial charge in [0.2, 0.25) is 0 Å². The minimum atomic E-state index is -0.428. The summed E-state index contributed by atoms with van der Waals surface area (Å²) in [6.07, 6.45) is 1.16. The normalized spacial score (nSPS) is 21.1. The second-order valence-corrected chi connectivity index (χ2v) is 4.90. The molecule has 1 fully saturated rings. The lowest BCUT2D eigenvalue weighted by molar-refractivity contribution is -0.0327. The summed E-state index contributed by atoms with van der Waals surface area (Å²) in [5, 5.41) is 11.5. The Morgan fingerprint density at radius 2 is 2.40 bits per heavy atom. The zero-order chi connectivity index (χ0) is 14.5. The first-order valence-corrected chi connectivity index (χ1v) is 6.75. The van der Waals surface area contributed by atoms with Crippen molar-refractivity contribution in [3.05, 3.63) is 35.1 Å². The number of amidine groups is 1. The van der Waals surface area contributed by atoms with Crippen molar-refractivity contribution in [2.24, 2.45) is 10.9 Å². The van der Waals surface area contributed by atoms with Crippen molar-refractivity contribution in [2.75, 3.05) is 19.7 Å². The molecule has 0 aliphatic carbocycles. The van der Waals surface area contributed by atoms with Gasteiger partial charge in [-0.3, -0.25) is 4.90 Å². The summed E-state index contributed by atoms with van der Waals surface area (Å²) in [5.74, 6) is -0.639. The van der Waals surface area contributed by atoms with Crippen LogP contribution in [0.3, 0.4) is 0 Å². The van der Waals surface area contributed by atoms with Crippen LogP contribution in [-0.4, -0.2) is 41.7 Å². The Balaban J connectivity index is 2.13. The molecule has 3 N–H and O–H groups in total. The van der Waals surface area contributed by atoms with Crippen LogP contribution in [-0.2, 0) is 11.3 Å². The smallest absolute Gasteiger partial charge is 0.173 e. The molecule has 0 saturated carbocycles. The molecule has 1 aliphatic rings. The highest BCUT2D eigenvalue weighted by molar-refractivity contribution is 5.97. The van der Waals surface area contributed by atoms with Crippen molar-refractivity contribution < 1.29 is 14.3 Å². The van der Waals surface area contributed by atoms with Crippen molar-refractivity contribution in [1.82, 2.24) is 4.90 Å². The quantitative estimate of drug-likeness (QED) is 0.380. The Labute approximate surface area is 117 Å². The number of nitrogens with two attached hydrogens (primary N) is 1. The number of halogens is 1. The monoisotopic (exact) mass is 281 g/mol. The van der Waals surface area contributed by atoms with Gasteiger partial charge in [0.05, 0.1) is 18.3 Å². The molecule has 0 bridgehead atoms. The summed E-state index contributed by atoms with van der Waals surface area (Å²) in [7, 11) is 0. The minimum Gasteiger partial charge on any atom is -0.409 e. The van der Waals surface area contributed by atoms with Crippen LogP contribution in [0.1, 0.15) is 24.5 Å². The van der Waals surface area contributed by atoms with Crippen LogP contribution < -0.4 is 5.73 Å². The fourth-order valence-electron chi connectivity index (χ4n) is 2.37. The summed E-state index contributed by atoms with van der Waals surface area (Å²) in [6.45, 7) is 4.82. The molecule has 5 nitrogen and oxygen atoms in total. The van der Waals surface area contributed by atoms with E-state index in [1.165, 1.54) is 6.07 Å². The van der Waals surface area contributed by atoms with Gasteiger partial charge in [-0.2, -0.15) is 0 Å². The molecule has 1 aromatic carbocycles. The van der Waals surface area contributed by atoms with E-state index in [0.29, 0.717) is 18.7 Å². The van der Waals surface area contributed by atoms with Gasteiger partial charge in [-0.1, -0.05) is 24.2 Å². The number of hydrogen-bond acceptors (Lipinski definition) is 4. The molecule has 1 aromatic rings. The highest BCUT2D eigenvalue weighted by atomic mass is 19.1. The molecule has 0 spiro atoms. The topological polar surface area (TPSA) is 71.1 Å². The van der Waals surface area contributed by atoms with Crippen LogP contribution in [0.2, 0.25) is 0 Å². The molecule has 0 amide bonds. The van der Waals surface area contributed by atoms with Gasteiger partial charge in [0.25, 0.3) is 0 Å². The average Bonchev–Trinajstić information content (AvgIpc) is 2.49. The molecule has 110 valence electrons. The van der Waals surface area contributed by atoms with Gasteiger partial charge in [-0.25, -0.2) is 4.39 Å². The number of nitrogens with zero attached hydrogens (tertiary/aromatic N) is 2. The fraction of sp³-hybridized carbons (Fsp3) is 0.500. The maximum absolute atomic E-state index is 14.3. The molecule has 6 heteroatoms. The van der Waals surface area contributed by atoms with E-state index in [9.17, 15) is 4.39 Å². The number of ether oxygens (including phenoxy) is 1. The third kappa shape index (κ3) is 3.26. The molecule has 20 heavy (non-hydrogen) atoms. The summed E-state index contributed by atoms with van der Waals surface area (Å²) < 4.78 is 19.9. The molecular formula is C14H20FN3O2. The molecule has 1 unspecified atom stereocenters. The number of rotatable bonds is 4. The molecular weight excluding hydrogens is 261 g/mol. The van der Waals surface area contributed by atoms with E-state index >= 15 is 0 Å². The summed E-state index contributed by atoms with van der Waals surface area (Å²) >= 11 is 0. The van der Waals surface area contributed by atoms with E-state index in [0.717, 1.165) is 19.5 Å². The molecule has 1 saturated heterocycles. The van der Waals surface area contributed by atoms with Crippen molar-refractivity contribution >= 4 is 5.84 Å². The van der Waals surface area contributed by atoms with Crippen molar-refractivity contribution in [3.8, 4) is 0 Å². The summed E-state index contributed by atoms with van der Waals surface area (Å²) in [4.78, 5) is 2.16. The SMILES string of the molecule is CCC1CN(Cc2cccc(/C(N)=N/O)c2F)CCO1. The Bertz CT molecular complexity index is 493. The van der Waals surface area contributed by atoms with Gasteiger partial charge in [-0.05, 0) is 12.5 Å². The fourth-order valence-corrected chi connectivity index (χ4v) is 2.37. The number of hydrogen-bond donors (Lipinski definition) is 2. The standard InChI is InChI=1S/C14H20FN3O2/c1-2-11-9-18(6-7-20-11)8-10-4-3-5-12(13(10)15)14(16)17-19/h3-5,11,19H,2,6-9H2,1H3,(H2,16,17). The molecule has 1 aliphatic heterocycles. The molecule has 1 heterocycles. The Hall–Kier alpha value is -1.66. The van der Waals surface area contributed by atoms with E-state index in [1.807, 2.05) is 0 Å². The van der Waals surface area contributed by atoms with Crippen LogP contribution in [0.25, 0.3) is 0 Å². The number of oxime groups is 1. The summed E-state index contributed by atoms with van der Waals surface area (Å²) in [5.41, 5.74) is 6.14. The van der Waals surface area contributed by atoms with Crippen LogP contribution in [0.4, 0.5) is 4.39 Å². The van der Waals surface area contributed by atoms with Crippen molar-refractivity contribution in [2.45, 2.75) is 26.0 Å². The van der Waals surface area contributed by atoms with Crippen LogP contribution >= 0.6 is 0 Å². The van der Waals surface area contributed by atoms with E-state index in [1.54, 1.807) is 12.1 Å². The molecule has 1 atom stereocenters. The van der Waals surface area contributed by atoms with Gasteiger partial charge in [0.15, 0.2) is 5.84 Å². The van der Waals surface area contributed by atoms with E-state index in [2.05, 4.69) is 17.0 Å². The van der Waals surface area contributed by atoms with E-state index in [-0.39, 0.29) is 17.5 Å². The third-order valence-corrected chi connectivity index (χ3v) is 3.53. The highest BCUT2D eigenvalue weighted by Crippen LogP contribution is 2.17. The first-order valence-electron chi connectivity index (χ1n) is 6.75. The van der Waals surface area contributed by atoms with Gasteiger partial charge in [-0.15, -0.1) is 0 Å². The van der Waals surface area contributed by atoms with Crippen molar-refractivity contribution in [1.29, 1.82) is 0 Å². The highest BCUT2D eigenvalue weighted by Gasteiger charge is 2.21. The van der Waals surface area contributed by atoms with Crippen LogP contribution in [0, 0.1) is 5.82 Å². The Morgan fingerprint density at radius 1 is 1.60 bits per heavy atom. The predicted molar refractivity (Wildman–Crippen MR) is 74.2 cm³/mol. The lowest BCUT2D eigenvalue weighted by atomic mass is 10.1. The molecule has 0 aromatic heterocycles. The first kappa shape index (κ1) is 14.7. The van der Waals surface area contributed by atoms with Gasteiger partial charge in [0, 0.05) is 25.2 Å². The maximum atomic E-state index is 14.3. The maximum Gasteiger partial charge on any atom is 0.173 e. The first-order chi connectivity index (χ1) is 9.65. The lowest BCUT2D eigenvalue weighted by Crippen LogP contribution is -2.41. The average molecular weight is 281 g/mol. The minimum absolute atomic E-state index is 0.130. The Kier molecular flexibility index (Phi) is 4.92. The second kappa shape index (κ2) is 6.67. The van der Waals surface area contributed by atoms with E-state index in [4.69, 9.17) is 15.7 Å². The third-order valence-electron chi connectivity index (χ3n) is 3.53. The van der Waals surface area contributed by atoms with E-state index < -0.39 is 5.82 Å². The molecule has 0 radical (unpaired) electrons. The lowest BCUT2D eigenvalue weighted by Gasteiger charge is -2.32. The van der Waals surface area contributed by atoms with Crippen molar-refractivity contribution in [3.63, 3.8) is 0 Å². The number of morpholine rings is 1. The second-order valence-electron chi connectivity index (χ2n) is 4.90. The number of benzene rings is 1. The predicted octanol–water partition coefficient (Wildman–Crippen LogP) is 1.53. The van der Waals surface area contributed by atoms with Gasteiger partial charge in [0.1, 0.15) is 5.82 Å².